The molecule has 1 aromatic rings. The molecule has 0 bridgehead atoms. The van der Waals surface area contributed by atoms with Gasteiger partial charge in [-0.25, -0.2) is 4.79 Å². The van der Waals surface area contributed by atoms with Crippen LogP contribution in [0.2, 0.25) is 0 Å². The minimum absolute atomic E-state index is 0.409. The van der Waals surface area contributed by atoms with Gasteiger partial charge in [0, 0.05) is 12.2 Å². The topological polar surface area (TPSA) is 46.5 Å². The second-order valence-electron chi connectivity index (χ2n) is 4.25. The summed E-state index contributed by atoms with van der Waals surface area (Å²) in [5.41, 5.74) is 0.801. The Labute approximate surface area is 99.1 Å². The Hall–Kier alpha value is -0.870. The molecule has 4 heteroatoms. The van der Waals surface area contributed by atoms with Gasteiger partial charge in [-0.05, 0) is 30.2 Å². The van der Waals surface area contributed by atoms with Crippen LogP contribution in [0, 0.1) is 5.92 Å². The number of carboxylic acid groups (broad SMARTS) is 1. The van der Waals surface area contributed by atoms with E-state index in [1.54, 1.807) is 5.38 Å². The molecule has 1 aliphatic rings. The number of hydrogen-bond acceptors (Lipinski definition) is 3. The van der Waals surface area contributed by atoms with Gasteiger partial charge < -0.3 is 9.84 Å². The van der Waals surface area contributed by atoms with Crippen LogP contribution in [-0.4, -0.2) is 17.7 Å². The highest BCUT2D eigenvalue weighted by molar-refractivity contribution is 7.12. The number of aromatic carboxylic acids is 1. The van der Waals surface area contributed by atoms with Crippen molar-refractivity contribution in [1.29, 1.82) is 0 Å². The van der Waals surface area contributed by atoms with Gasteiger partial charge in [-0.15, -0.1) is 11.3 Å². The Kier molecular flexibility index (Phi) is 3.96. The predicted octanol–water partition coefficient (Wildman–Crippen LogP) is 3.15. The number of rotatable bonds is 5. The average Bonchev–Trinajstić information content (AvgIpc) is 2.87. The van der Waals surface area contributed by atoms with Crippen molar-refractivity contribution in [3.05, 3.63) is 21.9 Å². The van der Waals surface area contributed by atoms with Crippen LogP contribution >= 0.6 is 11.3 Å². The van der Waals surface area contributed by atoms with E-state index in [4.69, 9.17) is 9.84 Å². The van der Waals surface area contributed by atoms with Crippen LogP contribution in [0.1, 0.15) is 40.9 Å². The number of hydrogen-bond donors (Lipinski definition) is 1. The smallest absolute Gasteiger partial charge is 0.346 e. The predicted molar refractivity (Wildman–Crippen MR) is 62.9 cm³/mol. The lowest BCUT2D eigenvalue weighted by Crippen LogP contribution is -2.06. The number of ether oxygens (including phenoxy) is 1. The van der Waals surface area contributed by atoms with Gasteiger partial charge in [-0.2, -0.15) is 0 Å². The molecular formula is C12H16O3S. The molecule has 2 rings (SSSR count). The van der Waals surface area contributed by atoms with Crippen molar-refractivity contribution in [2.45, 2.75) is 32.3 Å². The molecule has 1 aliphatic carbocycles. The molecule has 1 saturated carbocycles. The molecule has 0 saturated heterocycles. The van der Waals surface area contributed by atoms with Gasteiger partial charge in [0.05, 0.1) is 6.61 Å². The van der Waals surface area contributed by atoms with Gasteiger partial charge in [0.1, 0.15) is 4.88 Å². The van der Waals surface area contributed by atoms with E-state index in [0.717, 1.165) is 12.2 Å². The van der Waals surface area contributed by atoms with E-state index in [2.05, 4.69) is 0 Å². The standard InChI is InChI=1S/C12H16O3S/c13-12(14)11-10(5-6-16-11)8-15-7-9-3-1-2-4-9/h5-6,9H,1-4,7-8H2,(H,13,14). The molecule has 16 heavy (non-hydrogen) atoms. The quantitative estimate of drug-likeness (QED) is 0.860. The number of carboxylic acids is 1. The van der Waals surface area contributed by atoms with Crippen LogP contribution in [0.25, 0.3) is 0 Å². The highest BCUT2D eigenvalue weighted by Crippen LogP contribution is 2.25. The van der Waals surface area contributed by atoms with Crippen molar-refractivity contribution in [3.63, 3.8) is 0 Å². The van der Waals surface area contributed by atoms with Gasteiger partial charge in [0.25, 0.3) is 0 Å². The Bertz CT molecular complexity index is 353. The third-order valence-electron chi connectivity index (χ3n) is 3.03. The number of thiophene rings is 1. The summed E-state index contributed by atoms with van der Waals surface area (Å²) in [6.45, 7) is 1.20. The number of carbonyl (C=O) groups is 1. The highest BCUT2D eigenvalue weighted by Gasteiger charge is 2.16. The minimum Gasteiger partial charge on any atom is -0.477 e. The fourth-order valence-electron chi connectivity index (χ4n) is 2.15. The third-order valence-corrected chi connectivity index (χ3v) is 3.97. The summed E-state index contributed by atoms with van der Waals surface area (Å²) in [6, 6.07) is 1.84. The molecule has 0 radical (unpaired) electrons. The first-order valence-corrected chi connectivity index (χ1v) is 6.52. The van der Waals surface area contributed by atoms with E-state index in [1.165, 1.54) is 37.0 Å². The summed E-state index contributed by atoms with van der Waals surface area (Å²) in [5.74, 6) is -0.165. The van der Waals surface area contributed by atoms with E-state index < -0.39 is 5.97 Å². The van der Waals surface area contributed by atoms with Crippen LogP contribution in [0.15, 0.2) is 11.4 Å². The molecule has 1 heterocycles. The van der Waals surface area contributed by atoms with E-state index in [1.807, 2.05) is 6.07 Å². The second-order valence-corrected chi connectivity index (χ2v) is 5.16. The summed E-state index contributed by atoms with van der Waals surface area (Å²) in [4.78, 5) is 11.3. The molecular weight excluding hydrogens is 224 g/mol. The van der Waals surface area contributed by atoms with Gasteiger partial charge in [0.2, 0.25) is 0 Å². The van der Waals surface area contributed by atoms with Crippen LogP contribution in [0.5, 0.6) is 0 Å². The molecule has 0 aromatic carbocycles. The Morgan fingerprint density at radius 1 is 1.50 bits per heavy atom. The zero-order valence-electron chi connectivity index (χ0n) is 9.15. The minimum atomic E-state index is -0.852. The van der Waals surface area contributed by atoms with Crippen LogP contribution < -0.4 is 0 Å². The molecule has 1 N–H and O–H groups in total. The molecule has 3 nitrogen and oxygen atoms in total. The van der Waals surface area contributed by atoms with Crippen LogP contribution in [-0.2, 0) is 11.3 Å². The monoisotopic (exact) mass is 240 g/mol. The van der Waals surface area contributed by atoms with Crippen LogP contribution in [0.4, 0.5) is 0 Å². The molecule has 0 amide bonds. The maximum atomic E-state index is 10.9. The summed E-state index contributed by atoms with van der Waals surface area (Å²) in [7, 11) is 0. The van der Waals surface area contributed by atoms with Gasteiger partial charge in [-0.1, -0.05) is 12.8 Å². The normalized spacial score (nSPS) is 16.8. The first kappa shape index (κ1) is 11.6. The highest BCUT2D eigenvalue weighted by atomic mass is 32.1. The largest absolute Gasteiger partial charge is 0.477 e. The lowest BCUT2D eigenvalue weighted by molar-refractivity contribution is 0.0683. The summed E-state index contributed by atoms with van der Waals surface area (Å²) in [6.07, 6.45) is 5.14. The van der Waals surface area contributed by atoms with Crippen molar-refractivity contribution in [2.75, 3.05) is 6.61 Å². The molecule has 0 atom stereocenters. The van der Waals surface area contributed by atoms with Crippen molar-refractivity contribution >= 4 is 17.3 Å². The Balaban J connectivity index is 1.80. The average molecular weight is 240 g/mol. The Morgan fingerprint density at radius 2 is 2.25 bits per heavy atom. The lowest BCUT2D eigenvalue weighted by atomic mass is 10.1. The van der Waals surface area contributed by atoms with E-state index >= 15 is 0 Å². The molecule has 1 aromatic heterocycles. The first-order chi connectivity index (χ1) is 7.77. The van der Waals surface area contributed by atoms with Crippen LogP contribution in [0.3, 0.4) is 0 Å². The molecule has 1 fully saturated rings. The lowest BCUT2D eigenvalue weighted by Gasteiger charge is -2.09. The summed E-state index contributed by atoms with van der Waals surface area (Å²) < 4.78 is 5.60. The third kappa shape index (κ3) is 2.83. The van der Waals surface area contributed by atoms with E-state index in [9.17, 15) is 4.79 Å². The van der Waals surface area contributed by atoms with Crippen molar-refractivity contribution in [3.8, 4) is 0 Å². The van der Waals surface area contributed by atoms with Gasteiger partial charge in [-0.3, -0.25) is 0 Å². The van der Waals surface area contributed by atoms with Crippen molar-refractivity contribution in [1.82, 2.24) is 0 Å². The van der Waals surface area contributed by atoms with E-state index in [-0.39, 0.29) is 0 Å². The van der Waals surface area contributed by atoms with Crippen molar-refractivity contribution < 1.29 is 14.6 Å². The SMILES string of the molecule is O=C(O)c1sccc1COCC1CCCC1. The summed E-state index contributed by atoms with van der Waals surface area (Å²) >= 11 is 1.26. The molecule has 0 spiro atoms. The van der Waals surface area contributed by atoms with Gasteiger partial charge in [0.15, 0.2) is 0 Å². The van der Waals surface area contributed by atoms with Crippen molar-refractivity contribution in [2.24, 2.45) is 5.92 Å². The second kappa shape index (κ2) is 5.46. The zero-order valence-corrected chi connectivity index (χ0v) is 9.96. The van der Waals surface area contributed by atoms with E-state index in [0.29, 0.717) is 17.4 Å². The zero-order chi connectivity index (χ0) is 11.4. The fourth-order valence-corrected chi connectivity index (χ4v) is 2.90. The maximum Gasteiger partial charge on any atom is 0.346 e. The maximum absolute atomic E-state index is 10.9. The molecule has 0 aliphatic heterocycles. The Morgan fingerprint density at radius 3 is 2.94 bits per heavy atom. The summed E-state index contributed by atoms with van der Waals surface area (Å²) in [5, 5.41) is 10.7. The molecule has 88 valence electrons. The fraction of sp³-hybridized carbons (Fsp3) is 0.583. The van der Waals surface area contributed by atoms with Gasteiger partial charge >= 0.3 is 5.97 Å². The first-order valence-electron chi connectivity index (χ1n) is 5.65. The molecule has 0 unspecified atom stereocenters.